The summed E-state index contributed by atoms with van der Waals surface area (Å²) in [4.78, 5) is 2.58. The van der Waals surface area contributed by atoms with Crippen molar-refractivity contribution in [3.05, 3.63) is 35.6 Å². The van der Waals surface area contributed by atoms with Crippen LogP contribution in [0, 0.1) is 5.82 Å². The van der Waals surface area contributed by atoms with Crippen LogP contribution in [0.4, 0.5) is 4.39 Å². The average molecular weight is 278 g/mol. The Morgan fingerprint density at radius 1 is 1.30 bits per heavy atom. The molecule has 1 saturated heterocycles. The van der Waals surface area contributed by atoms with E-state index in [0.717, 1.165) is 19.5 Å². The van der Waals surface area contributed by atoms with E-state index in [9.17, 15) is 4.39 Å². The maximum absolute atomic E-state index is 13.0. The van der Waals surface area contributed by atoms with Crippen LogP contribution in [-0.2, 0) is 0 Å². The zero-order chi connectivity index (χ0) is 14.6. The third kappa shape index (κ3) is 3.80. The normalized spacial score (nSPS) is 20.2. The van der Waals surface area contributed by atoms with Gasteiger partial charge in [-0.1, -0.05) is 19.1 Å². The summed E-state index contributed by atoms with van der Waals surface area (Å²) in [6.07, 6.45) is 3.66. The molecule has 0 amide bonds. The molecular formula is C17H27FN2. The summed E-state index contributed by atoms with van der Waals surface area (Å²) in [6, 6.07) is 7.23. The van der Waals surface area contributed by atoms with E-state index < -0.39 is 0 Å². The maximum Gasteiger partial charge on any atom is 0.123 e. The van der Waals surface area contributed by atoms with Crippen molar-refractivity contribution in [1.29, 1.82) is 0 Å². The second kappa shape index (κ2) is 6.68. The van der Waals surface area contributed by atoms with E-state index in [1.807, 2.05) is 12.1 Å². The molecule has 0 aromatic heterocycles. The summed E-state index contributed by atoms with van der Waals surface area (Å²) in [6.45, 7) is 10.0. The highest BCUT2D eigenvalue weighted by molar-refractivity contribution is 5.20. The van der Waals surface area contributed by atoms with Gasteiger partial charge in [-0.05, 0) is 63.9 Å². The fraction of sp³-hybridized carbons (Fsp3) is 0.647. The molecule has 2 nitrogen and oxygen atoms in total. The zero-order valence-electron chi connectivity index (χ0n) is 13.0. The molecule has 20 heavy (non-hydrogen) atoms. The van der Waals surface area contributed by atoms with Gasteiger partial charge in [0.05, 0.1) is 0 Å². The maximum atomic E-state index is 13.0. The molecule has 1 atom stereocenters. The van der Waals surface area contributed by atoms with Crippen LogP contribution in [0.25, 0.3) is 0 Å². The Labute approximate surface area is 122 Å². The summed E-state index contributed by atoms with van der Waals surface area (Å²) in [5, 5.41) is 3.52. The molecule has 1 aromatic rings. The van der Waals surface area contributed by atoms with Gasteiger partial charge in [-0.2, -0.15) is 0 Å². The Balaban J connectivity index is 1.97. The van der Waals surface area contributed by atoms with Gasteiger partial charge in [-0.15, -0.1) is 0 Å². The summed E-state index contributed by atoms with van der Waals surface area (Å²) in [5.74, 6) is -0.162. The minimum Gasteiger partial charge on any atom is -0.310 e. The van der Waals surface area contributed by atoms with E-state index >= 15 is 0 Å². The number of benzene rings is 1. The molecule has 112 valence electrons. The van der Waals surface area contributed by atoms with E-state index in [-0.39, 0.29) is 5.82 Å². The largest absolute Gasteiger partial charge is 0.310 e. The molecule has 0 bridgehead atoms. The van der Waals surface area contributed by atoms with E-state index in [4.69, 9.17) is 0 Å². The lowest BCUT2D eigenvalue weighted by Gasteiger charge is -2.33. The Kier molecular flexibility index (Phi) is 5.17. The lowest BCUT2D eigenvalue weighted by molar-refractivity contribution is 0.166. The Morgan fingerprint density at radius 3 is 2.55 bits per heavy atom. The number of halogens is 1. The topological polar surface area (TPSA) is 15.3 Å². The second-order valence-electron chi connectivity index (χ2n) is 6.35. The quantitative estimate of drug-likeness (QED) is 0.852. The van der Waals surface area contributed by atoms with Gasteiger partial charge in [0, 0.05) is 18.1 Å². The van der Waals surface area contributed by atoms with Crippen molar-refractivity contribution in [3.8, 4) is 0 Å². The molecule has 2 rings (SSSR count). The first-order chi connectivity index (χ1) is 9.53. The molecule has 0 saturated carbocycles. The Hall–Kier alpha value is -0.930. The first-order valence-electron chi connectivity index (χ1n) is 7.77. The van der Waals surface area contributed by atoms with Gasteiger partial charge in [0.25, 0.3) is 0 Å². The highest BCUT2D eigenvalue weighted by Crippen LogP contribution is 2.29. The summed E-state index contributed by atoms with van der Waals surface area (Å²) >= 11 is 0. The van der Waals surface area contributed by atoms with Crippen molar-refractivity contribution < 1.29 is 4.39 Å². The number of hydrogen-bond donors (Lipinski definition) is 1. The van der Waals surface area contributed by atoms with Crippen LogP contribution in [-0.4, -0.2) is 30.1 Å². The fourth-order valence-electron chi connectivity index (χ4n) is 3.19. The molecule has 0 aliphatic carbocycles. The van der Waals surface area contributed by atoms with E-state index in [0.29, 0.717) is 11.6 Å². The van der Waals surface area contributed by atoms with Crippen LogP contribution in [0.5, 0.6) is 0 Å². The summed E-state index contributed by atoms with van der Waals surface area (Å²) < 4.78 is 13.0. The van der Waals surface area contributed by atoms with Crippen molar-refractivity contribution in [2.24, 2.45) is 0 Å². The van der Waals surface area contributed by atoms with Gasteiger partial charge in [0.15, 0.2) is 0 Å². The van der Waals surface area contributed by atoms with Crippen LogP contribution in [0.15, 0.2) is 24.3 Å². The van der Waals surface area contributed by atoms with Crippen molar-refractivity contribution >= 4 is 0 Å². The van der Waals surface area contributed by atoms with Gasteiger partial charge in [0.2, 0.25) is 0 Å². The molecule has 0 radical (unpaired) electrons. The van der Waals surface area contributed by atoms with E-state index in [1.165, 1.54) is 24.9 Å². The standard InChI is InChI=1S/C17H27FN2/c1-4-19-16(14-6-8-15(18)9-7-14)10-13-20-12-5-11-17(20,2)3/h6-9,16,19H,4-5,10-13H2,1-3H3. The molecule has 3 heteroatoms. The van der Waals surface area contributed by atoms with E-state index in [2.05, 4.69) is 31.0 Å². The van der Waals surface area contributed by atoms with Crippen molar-refractivity contribution in [3.63, 3.8) is 0 Å². The smallest absolute Gasteiger partial charge is 0.123 e. The Morgan fingerprint density at radius 2 is 2.00 bits per heavy atom. The van der Waals surface area contributed by atoms with Crippen LogP contribution in [0.2, 0.25) is 0 Å². The average Bonchev–Trinajstić information content (AvgIpc) is 2.75. The van der Waals surface area contributed by atoms with Crippen LogP contribution >= 0.6 is 0 Å². The third-order valence-electron chi connectivity index (χ3n) is 4.48. The lowest BCUT2D eigenvalue weighted by Crippen LogP contribution is -2.40. The zero-order valence-corrected chi connectivity index (χ0v) is 13.0. The minimum absolute atomic E-state index is 0.162. The Bertz CT molecular complexity index is 414. The SMILES string of the molecule is CCNC(CCN1CCCC1(C)C)c1ccc(F)cc1. The molecule has 1 aliphatic heterocycles. The molecular weight excluding hydrogens is 251 g/mol. The van der Waals surface area contributed by atoms with Crippen LogP contribution in [0.1, 0.15) is 51.6 Å². The van der Waals surface area contributed by atoms with Gasteiger partial charge in [0.1, 0.15) is 5.82 Å². The first kappa shape index (κ1) is 15.5. The number of rotatable bonds is 6. The second-order valence-corrected chi connectivity index (χ2v) is 6.35. The highest BCUT2D eigenvalue weighted by atomic mass is 19.1. The summed E-state index contributed by atoms with van der Waals surface area (Å²) in [5.41, 5.74) is 1.52. The predicted octanol–water partition coefficient (Wildman–Crippen LogP) is 3.74. The summed E-state index contributed by atoms with van der Waals surface area (Å²) in [7, 11) is 0. The number of likely N-dealkylation sites (tertiary alicyclic amines) is 1. The highest BCUT2D eigenvalue weighted by Gasteiger charge is 2.31. The number of nitrogens with one attached hydrogen (secondary N) is 1. The van der Waals surface area contributed by atoms with Crippen molar-refractivity contribution in [2.75, 3.05) is 19.6 Å². The van der Waals surface area contributed by atoms with Crippen molar-refractivity contribution in [2.45, 2.75) is 51.6 Å². The van der Waals surface area contributed by atoms with Crippen molar-refractivity contribution in [1.82, 2.24) is 10.2 Å². The van der Waals surface area contributed by atoms with Crippen LogP contribution in [0.3, 0.4) is 0 Å². The molecule has 0 spiro atoms. The molecule has 1 aliphatic rings. The van der Waals surface area contributed by atoms with Gasteiger partial charge >= 0.3 is 0 Å². The predicted molar refractivity (Wildman–Crippen MR) is 82.3 cm³/mol. The molecule has 1 fully saturated rings. The molecule has 1 aromatic carbocycles. The first-order valence-corrected chi connectivity index (χ1v) is 7.77. The minimum atomic E-state index is -0.162. The van der Waals surface area contributed by atoms with Crippen LogP contribution < -0.4 is 5.32 Å². The molecule has 1 heterocycles. The molecule has 1 unspecified atom stereocenters. The fourth-order valence-corrected chi connectivity index (χ4v) is 3.19. The number of nitrogens with zero attached hydrogens (tertiary/aromatic N) is 1. The van der Waals surface area contributed by atoms with Gasteiger partial charge in [-0.3, -0.25) is 4.90 Å². The number of hydrogen-bond acceptors (Lipinski definition) is 2. The van der Waals surface area contributed by atoms with Gasteiger partial charge in [-0.25, -0.2) is 4.39 Å². The van der Waals surface area contributed by atoms with Gasteiger partial charge < -0.3 is 5.32 Å². The van der Waals surface area contributed by atoms with E-state index in [1.54, 1.807) is 12.1 Å². The monoisotopic (exact) mass is 278 g/mol. The lowest BCUT2D eigenvalue weighted by atomic mass is 10.00. The third-order valence-corrected chi connectivity index (χ3v) is 4.48. The molecule has 1 N–H and O–H groups in total.